The summed E-state index contributed by atoms with van der Waals surface area (Å²) in [5.41, 5.74) is 7.69. The number of aromatic nitrogens is 2. The maximum absolute atomic E-state index is 13.4. The summed E-state index contributed by atoms with van der Waals surface area (Å²) in [7, 11) is 0. The van der Waals surface area contributed by atoms with Crippen molar-refractivity contribution in [2.75, 3.05) is 11.9 Å². The lowest BCUT2D eigenvalue weighted by molar-refractivity contribution is 0.0259. The Labute approximate surface area is 246 Å². The third kappa shape index (κ3) is 7.24. The van der Waals surface area contributed by atoms with Gasteiger partial charge in [0.1, 0.15) is 30.1 Å². The molecule has 3 heterocycles. The molecule has 1 amide bonds. The Morgan fingerprint density at radius 1 is 1.24 bits per heavy atom. The van der Waals surface area contributed by atoms with Crippen LogP contribution in [0.2, 0.25) is 5.02 Å². The van der Waals surface area contributed by atoms with Gasteiger partial charge in [-0.1, -0.05) is 35.6 Å². The third-order valence-electron chi connectivity index (χ3n) is 6.11. The minimum atomic E-state index is -0.601. The van der Waals surface area contributed by atoms with Crippen LogP contribution in [0.3, 0.4) is 0 Å². The van der Waals surface area contributed by atoms with Crippen molar-refractivity contribution < 1.29 is 18.7 Å². The molecule has 0 aliphatic carbocycles. The van der Waals surface area contributed by atoms with Crippen molar-refractivity contribution in [3.8, 4) is 17.6 Å². The lowest BCUT2D eigenvalue weighted by Crippen LogP contribution is -2.40. The smallest absolute Gasteiger partial charge is 0.411 e. The monoisotopic (exact) mass is 593 g/mol. The van der Waals surface area contributed by atoms with Crippen LogP contribution in [0, 0.1) is 17.7 Å². The molecule has 1 saturated heterocycles. The average molecular weight is 594 g/mol. The molecule has 1 unspecified atom stereocenters. The summed E-state index contributed by atoms with van der Waals surface area (Å²) >= 11 is 7.91. The van der Waals surface area contributed by atoms with Crippen LogP contribution >= 0.6 is 22.9 Å². The first kappa shape index (κ1) is 28.6. The number of amides is 1. The summed E-state index contributed by atoms with van der Waals surface area (Å²) in [6.07, 6.45) is 1.64. The molecule has 2 atom stereocenters. The van der Waals surface area contributed by atoms with Gasteiger partial charge >= 0.3 is 6.09 Å². The summed E-state index contributed by atoms with van der Waals surface area (Å²) in [6, 6.07) is 12.9. The molecule has 41 heavy (non-hydrogen) atoms. The second-order valence-electron chi connectivity index (χ2n) is 10.6. The number of carbonyl (C=O) groups is 1. The highest BCUT2D eigenvalue weighted by Gasteiger charge is 2.35. The first-order valence-corrected chi connectivity index (χ1v) is 14.2. The molecule has 4 aromatic rings. The van der Waals surface area contributed by atoms with Gasteiger partial charge in [-0.25, -0.2) is 19.2 Å². The van der Waals surface area contributed by atoms with Gasteiger partial charge in [-0.3, -0.25) is 4.90 Å². The van der Waals surface area contributed by atoms with E-state index in [0.29, 0.717) is 40.8 Å². The van der Waals surface area contributed by atoms with Gasteiger partial charge in [-0.15, -0.1) is 11.3 Å². The maximum atomic E-state index is 13.4. The van der Waals surface area contributed by atoms with Gasteiger partial charge in [0.05, 0.1) is 26.2 Å². The molecule has 2 aromatic carbocycles. The summed E-state index contributed by atoms with van der Waals surface area (Å²) in [5.74, 6) is 7.16. The minimum Gasteiger partial charge on any atom is -0.487 e. The largest absolute Gasteiger partial charge is 0.487 e. The Balaban J connectivity index is 1.30. The normalized spacial score (nSPS) is 16.8. The molecule has 2 aromatic heterocycles. The molecule has 8 nitrogen and oxygen atoms in total. The molecule has 11 heteroatoms. The summed E-state index contributed by atoms with van der Waals surface area (Å²) in [6.45, 7) is 6.08. The van der Waals surface area contributed by atoms with Gasteiger partial charge in [0.2, 0.25) is 0 Å². The van der Waals surface area contributed by atoms with Gasteiger partial charge in [-0.2, -0.15) is 0 Å². The molecule has 5 rings (SSSR count). The summed E-state index contributed by atoms with van der Waals surface area (Å²) in [5, 5.41) is 3.69. The molecule has 212 valence electrons. The van der Waals surface area contributed by atoms with Gasteiger partial charge in [0, 0.05) is 18.3 Å². The number of hydrogen-bond donors (Lipinski definition) is 2. The molecule has 1 aliphatic rings. The zero-order chi connectivity index (χ0) is 29.1. The molecule has 0 radical (unpaired) electrons. The zero-order valence-electron chi connectivity index (χ0n) is 22.8. The number of benzene rings is 2. The molecule has 0 bridgehead atoms. The van der Waals surface area contributed by atoms with E-state index in [1.807, 2.05) is 32.9 Å². The average Bonchev–Trinajstić information content (AvgIpc) is 3.49. The number of carbonyl (C=O) groups excluding carboxylic acids is 1. The van der Waals surface area contributed by atoms with Gasteiger partial charge in [0.25, 0.3) is 0 Å². The van der Waals surface area contributed by atoms with Crippen LogP contribution in [-0.2, 0) is 11.3 Å². The second kappa shape index (κ2) is 11.9. The van der Waals surface area contributed by atoms with E-state index < -0.39 is 11.7 Å². The van der Waals surface area contributed by atoms with Crippen molar-refractivity contribution >= 4 is 50.8 Å². The van der Waals surface area contributed by atoms with Gasteiger partial charge < -0.3 is 20.5 Å². The van der Waals surface area contributed by atoms with Gasteiger partial charge in [-0.05, 0) is 69.2 Å². The molecular formula is C30H29ClFN5O3S. The fourth-order valence-corrected chi connectivity index (χ4v) is 5.46. The van der Waals surface area contributed by atoms with Crippen molar-refractivity contribution in [2.24, 2.45) is 5.73 Å². The van der Waals surface area contributed by atoms with Crippen LogP contribution in [0.25, 0.3) is 10.2 Å². The van der Waals surface area contributed by atoms with Crippen LogP contribution in [-0.4, -0.2) is 45.2 Å². The lowest BCUT2D eigenvalue weighted by atomic mass is 10.2. The highest BCUT2D eigenvalue weighted by atomic mass is 35.5. The van der Waals surface area contributed by atoms with Crippen LogP contribution in [0.4, 0.5) is 20.7 Å². The number of anilines is 2. The fraction of sp³-hybridized carbons (Fsp3) is 0.300. The quantitative estimate of drug-likeness (QED) is 0.255. The van der Waals surface area contributed by atoms with E-state index in [9.17, 15) is 9.18 Å². The molecule has 0 saturated carbocycles. The van der Waals surface area contributed by atoms with Crippen LogP contribution < -0.4 is 15.8 Å². The highest BCUT2D eigenvalue weighted by Crippen LogP contribution is 2.33. The Bertz CT molecular complexity index is 1640. The topological polar surface area (TPSA) is 103 Å². The van der Waals surface area contributed by atoms with Gasteiger partial charge in [0.15, 0.2) is 5.82 Å². The van der Waals surface area contributed by atoms with Crippen LogP contribution in [0.1, 0.15) is 37.6 Å². The van der Waals surface area contributed by atoms with E-state index in [1.54, 1.807) is 29.2 Å². The minimum absolute atomic E-state index is 0.157. The van der Waals surface area contributed by atoms with E-state index in [4.69, 9.17) is 26.8 Å². The fourth-order valence-electron chi connectivity index (χ4n) is 4.31. The number of ether oxygens (including phenoxy) is 2. The highest BCUT2D eigenvalue weighted by molar-refractivity contribution is 7.20. The van der Waals surface area contributed by atoms with E-state index >= 15 is 0 Å². The van der Waals surface area contributed by atoms with Crippen LogP contribution in [0.5, 0.6) is 5.75 Å². The summed E-state index contributed by atoms with van der Waals surface area (Å²) < 4.78 is 25.6. The number of rotatable bonds is 5. The Hall–Kier alpha value is -3.91. The van der Waals surface area contributed by atoms with Crippen molar-refractivity contribution in [2.45, 2.75) is 51.5 Å². The molecule has 3 N–H and O–H groups in total. The standard InChI is InChI=1S/C30H29ClFN5O3S/c1-30(2,3)40-29(38)37-15-20(33)12-22(37)8-9-23-14-25-27(41-23)28(35-17-34-25)36-21-7-10-26(24(31)13-21)39-16-18-5-4-6-19(32)11-18/h4-7,10-11,13-14,17,20,22H,12,15-16,33H2,1-3H3,(H,34,35,36)/t20-,22?/m0/s1. The summed E-state index contributed by atoms with van der Waals surface area (Å²) in [4.78, 5) is 23.8. The predicted octanol–water partition coefficient (Wildman–Crippen LogP) is 6.49. The molecule has 1 aliphatic heterocycles. The number of fused-ring (bicyclic) bond motifs is 1. The molecular weight excluding hydrogens is 565 g/mol. The Kier molecular flexibility index (Phi) is 8.31. The lowest BCUT2D eigenvalue weighted by Gasteiger charge is -2.26. The van der Waals surface area contributed by atoms with E-state index in [2.05, 4.69) is 27.1 Å². The van der Waals surface area contributed by atoms with E-state index in [-0.39, 0.29) is 24.5 Å². The van der Waals surface area contributed by atoms with E-state index in [1.165, 1.54) is 29.8 Å². The Morgan fingerprint density at radius 3 is 2.83 bits per heavy atom. The Morgan fingerprint density at radius 2 is 2.07 bits per heavy atom. The van der Waals surface area contributed by atoms with Crippen molar-refractivity contribution in [3.63, 3.8) is 0 Å². The zero-order valence-corrected chi connectivity index (χ0v) is 24.4. The second-order valence-corrected chi connectivity index (χ2v) is 12.1. The van der Waals surface area contributed by atoms with Crippen molar-refractivity contribution in [3.05, 3.63) is 76.1 Å². The number of likely N-dealkylation sites (tertiary alicyclic amines) is 1. The van der Waals surface area contributed by atoms with Crippen LogP contribution in [0.15, 0.2) is 54.9 Å². The van der Waals surface area contributed by atoms with Crippen molar-refractivity contribution in [1.29, 1.82) is 0 Å². The number of nitrogens with one attached hydrogen (secondary N) is 1. The van der Waals surface area contributed by atoms with Crippen molar-refractivity contribution in [1.82, 2.24) is 14.9 Å². The SMILES string of the molecule is CC(C)(C)OC(=O)N1C[C@@H](N)CC1C#Cc1cc2ncnc(Nc3ccc(OCc4cccc(F)c4)c(Cl)c3)c2s1. The predicted molar refractivity (Wildman–Crippen MR) is 159 cm³/mol. The number of halogens is 2. The molecule has 1 fully saturated rings. The molecule has 0 spiro atoms. The van der Waals surface area contributed by atoms with E-state index in [0.717, 1.165) is 15.1 Å². The first-order valence-electron chi connectivity index (χ1n) is 13.0. The number of hydrogen-bond acceptors (Lipinski definition) is 8. The third-order valence-corrected chi connectivity index (χ3v) is 7.45. The maximum Gasteiger partial charge on any atom is 0.411 e. The number of nitrogens with two attached hydrogens (primary N) is 1. The first-order chi connectivity index (χ1) is 19.5. The number of nitrogens with zero attached hydrogens (tertiary/aromatic N) is 3. The number of thiophene rings is 1.